The van der Waals surface area contributed by atoms with E-state index in [1.54, 1.807) is 0 Å². The minimum atomic E-state index is -4.53. The SMILES string of the molecule is CCCc1c(OC)c(O)c(C(C)CC)c(OC)c1S(=O)(=O)O. The van der Waals surface area contributed by atoms with E-state index >= 15 is 0 Å². The third-order valence-electron chi connectivity index (χ3n) is 3.74. The van der Waals surface area contributed by atoms with E-state index in [0.29, 0.717) is 24.8 Å². The Kier molecular flexibility index (Phi) is 6.08. The van der Waals surface area contributed by atoms with Crippen LogP contribution in [0.25, 0.3) is 0 Å². The number of ether oxygens (including phenoxy) is 2. The third-order valence-corrected chi connectivity index (χ3v) is 4.69. The van der Waals surface area contributed by atoms with Gasteiger partial charge < -0.3 is 14.6 Å². The monoisotopic (exact) mass is 332 g/mol. The maximum Gasteiger partial charge on any atom is 0.298 e. The molecule has 0 aromatic heterocycles. The average molecular weight is 332 g/mol. The van der Waals surface area contributed by atoms with Crippen LogP contribution < -0.4 is 9.47 Å². The Morgan fingerprint density at radius 2 is 1.68 bits per heavy atom. The van der Waals surface area contributed by atoms with Gasteiger partial charge in [-0.2, -0.15) is 8.42 Å². The summed E-state index contributed by atoms with van der Waals surface area (Å²) >= 11 is 0. The molecule has 0 saturated heterocycles. The summed E-state index contributed by atoms with van der Waals surface area (Å²) in [5, 5.41) is 10.5. The molecule has 1 atom stereocenters. The first-order chi connectivity index (χ1) is 10.2. The summed E-state index contributed by atoms with van der Waals surface area (Å²) in [6, 6.07) is 0. The molecule has 0 spiro atoms. The first kappa shape index (κ1) is 18.6. The molecule has 1 aromatic rings. The number of aromatic hydroxyl groups is 1. The van der Waals surface area contributed by atoms with E-state index < -0.39 is 10.1 Å². The maximum absolute atomic E-state index is 11.9. The van der Waals surface area contributed by atoms with Crippen LogP contribution in [0, 0.1) is 0 Å². The fourth-order valence-corrected chi connectivity index (χ4v) is 3.50. The topological polar surface area (TPSA) is 93.1 Å². The number of hydrogen-bond acceptors (Lipinski definition) is 5. The van der Waals surface area contributed by atoms with Crippen molar-refractivity contribution in [3.05, 3.63) is 11.1 Å². The summed E-state index contributed by atoms with van der Waals surface area (Å²) in [7, 11) is -1.86. The second kappa shape index (κ2) is 7.19. The Hall–Kier alpha value is -1.47. The van der Waals surface area contributed by atoms with Crippen molar-refractivity contribution in [2.45, 2.75) is 50.8 Å². The van der Waals surface area contributed by atoms with Gasteiger partial charge in [0.15, 0.2) is 11.5 Å². The van der Waals surface area contributed by atoms with Crippen molar-refractivity contribution < 1.29 is 27.6 Å². The standard InChI is InChI=1S/C15H24O6S/c1-6-8-10-13(20-4)12(16)11(9(3)7-2)14(21-5)15(10)22(17,18)19/h9,16H,6-8H2,1-5H3,(H,17,18,19). The number of rotatable bonds is 7. The van der Waals surface area contributed by atoms with Crippen LogP contribution in [-0.4, -0.2) is 32.3 Å². The van der Waals surface area contributed by atoms with Crippen molar-refractivity contribution in [2.24, 2.45) is 0 Å². The van der Waals surface area contributed by atoms with Crippen molar-refractivity contribution in [3.8, 4) is 17.2 Å². The largest absolute Gasteiger partial charge is 0.504 e. The highest BCUT2D eigenvalue weighted by molar-refractivity contribution is 7.86. The van der Waals surface area contributed by atoms with Crippen LogP contribution in [0.1, 0.15) is 50.7 Å². The predicted octanol–water partition coefficient (Wildman–Crippen LogP) is 3.12. The van der Waals surface area contributed by atoms with Crippen LogP contribution in [0.4, 0.5) is 0 Å². The first-order valence-electron chi connectivity index (χ1n) is 7.21. The Morgan fingerprint density at radius 1 is 1.14 bits per heavy atom. The van der Waals surface area contributed by atoms with Gasteiger partial charge in [-0.15, -0.1) is 0 Å². The van der Waals surface area contributed by atoms with Crippen LogP contribution in [0.15, 0.2) is 4.90 Å². The quantitative estimate of drug-likeness (QED) is 0.745. The van der Waals surface area contributed by atoms with Crippen molar-refractivity contribution >= 4 is 10.1 Å². The van der Waals surface area contributed by atoms with Crippen molar-refractivity contribution in [1.29, 1.82) is 0 Å². The van der Waals surface area contributed by atoms with Gasteiger partial charge in [-0.05, 0) is 18.8 Å². The molecule has 0 amide bonds. The van der Waals surface area contributed by atoms with Crippen LogP contribution in [0.5, 0.6) is 17.2 Å². The lowest BCUT2D eigenvalue weighted by atomic mass is 9.93. The maximum atomic E-state index is 11.9. The van der Waals surface area contributed by atoms with Crippen LogP contribution in [0.2, 0.25) is 0 Å². The Balaban J connectivity index is 3.99. The smallest absolute Gasteiger partial charge is 0.298 e. The second-order valence-corrected chi connectivity index (χ2v) is 6.53. The molecule has 6 nitrogen and oxygen atoms in total. The zero-order chi connectivity index (χ0) is 17.1. The molecule has 0 saturated carbocycles. The zero-order valence-electron chi connectivity index (χ0n) is 13.6. The van der Waals surface area contributed by atoms with Gasteiger partial charge in [0.05, 0.1) is 14.2 Å². The van der Waals surface area contributed by atoms with Gasteiger partial charge in [0.1, 0.15) is 10.6 Å². The van der Waals surface area contributed by atoms with E-state index in [0.717, 1.165) is 0 Å². The molecule has 0 fully saturated rings. The zero-order valence-corrected chi connectivity index (χ0v) is 14.5. The van der Waals surface area contributed by atoms with Gasteiger partial charge in [0, 0.05) is 11.1 Å². The van der Waals surface area contributed by atoms with E-state index in [1.165, 1.54) is 14.2 Å². The van der Waals surface area contributed by atoms with E-state index in [4.69, 9.17) is 9.47 Å². The lowest BCUT2D eigenvalue weighted by Crippen LogP contribution is -2.11. The van der Waals surface area contributed by atoms with Gasteiger partial charge in [-0.1, -0.05) is 27.2 Å². The van der Waals surface area contributed by atoms with Gasteiger partial charge >= 0.3 is 0 Å². The molecule has 0 radical (unpaired) electrons. The van der Waals surface area contributed by atoms with E-state index in [1.807, 2.05) is 20.8 Å². The van der Waals surface area contributed by atoms with E-state index in [9.17, 15) is 18.1 Å². The summed E-state index contributed by atoms with van der Waals surface area (Å²) < 4.78 is 43.9. The predicted molar refractivity (Wildman–Crippen MR) is 83.7 cm³/mol. The molecule has 2 N–H and O–H groups in total. The number of hydrogen-bond donors (Lipinski definition) is 2. The minimum Gasteiger partial charge on any atom is -0.504 e. The molecule has 22 heavy (non-hydrogen) atoms. The van der Waals surface area contributed by atoms with Crippen molar-refractivity contribution in [3.63, 3.8) is 0 Å². The molecule has 0 bridgehead atoms. The number of methoxy groups -OCH3 is 2. The van der Waals surface area contributed by atoms with Crippen molar-refractivity contribution in [2.75, 3.05) is 14.2 Å². The highest BCUT2D eigenvalue weighted by atomic mass is 32.2. The van der Waals surface area contributed by atoms with Crippen LogP contribution in [-0.2, 0) is 16.5 Å². The molecule has 1 unspecified atom stereocenters. The Labute approximate surface area is 131 Å². The minimum absolute atomic E-state index is 0.0152. The first-order valence-corrected chi connectivity index (χ1v) is 8.65. The van der Waals surface area contributed by atoms with Crippen LogP contribution in [0.3, 0.4) is 0 Å². The summed E-state index contributed by atoms with van der Waals surface area (Å²) in [6.45, 7) is 5.60. The number of phenolic OH excluding ortho intramolecular Hbond substituents is 1. The Bertz CT molecular complexity index is 636. The molecule has 7 heteroatoms. The summed E-state index contributed by atoms with van der Waals surface area (Å²) in [4.78, 5) is -0.318. The van der Waals surface area contributed by atoms with Gasteiger partial charge in [0.25, 0.3) is 10.1 Å². The average Bonchev–Trinajstić information content (AvgIpc) is 2.45. The van der Waals surface area contributed by atoms with Gasteiger partial charge in [-0.3, -0.25) is 4.55 Å². The number of benzene rings is 1. The molecular formula is C15H24O6S. The van der Waals surface area contributed by atoms with E-state index in [-0.39, 0.29) is 33.6 Å². The fourth-order valence-electron chi connectivity index (χ4n) is 2.57. The lowest BCUT2D eigenvalue weighted by molar-refractivity contribution is 0.343. The molecule has 126 valence electrons. The lowest BCUT2D eigenvalue weighted by Gasteiger charge is -2.23. The highest BCUT2D eigenvalue weighted by Gasteiger charge is 2.32. The molecular weight excluding hydrogens is 308 g/mol. The molecule has 0 aliphatic rings. The van der Waals surface area contributed by atoms with Crippen LogP contribution >= 0.6 is 0 Å². The fraction of sp³-hybridized carbons (Fsp3) is 0.600. The normalized spacial score (nSPS) is 13.0. The second-order valence-electron chi connectivity index (χ2n) is 5.17. The summed E-state index contributed by atoms with van der Waals surface area (Å²) in [5.41, 5.74) is 0.559. The summed E-state index contributed by atoms with van der Waals surface area (Å²) in [6.07, 6.45) is 1.60. The molecule has 0 heterocycles. The Morgan fingerprint density at radius 3 is 2.05 bits per heavy atom. The number of phenols is 1. The molecule has 1 aromatic carbocycles. The molecule has 1 rings (SSSR count). The summed E-state index contributed by atoms with van der Waals surface area (Å²) in [5.74, 6) is -0.242. The van der Waals surface area contributed by atoms with Gasteiger partial charge in [-0.25, -0.2) is 0 Å². The molecule has 0 aliphatic carbocycles. The van der Waals surface area contributed by atoms with E-state index in [2.05, 4.69) is 0 Å². The molecule has 0 aliphatic heterocycles. The third kappa shape index (κ3) is 3.30. The van der Waals surface area contributed by atoms with Gasteiger partial charge in [0.2, 0.25) is 0 Å². The highest BCUT2D eigenvalue weighted by Crippen LogP contribution is 2.49. The van der Waals surface area contributed by atoms with Crippen molar-refractivity contribution in [1.82, 2.24) is 0 Å².